The molecule has 0 aliphatic carbocycles. The van der Waals surface area contributed by atoms with E-state index >= 15 is 0 Å². The third-order valence-electron chi connectivity index (χ3n) is 5.05. The van der Waals surface area contributed by atoms with Gasteiger partial charge < -0.3 is 10.6 Å². The summed E-state index contributed by atoms with van der Waals surface area (Å²) in [6.07, 6.45) is 4.51. The zero-order valence-electron chi connectivity index (χ0n) is 14.8. The Morgan fingerprint density at radius 3 is 2.61 bits per heavy atom. The number of aryl methyl sites for hydroxylation is 1. The number of piperidine rings is 1. The summed E-state index contributed by atoms with van der Waals surface area (Å²) in [4.78, 5) is 14.5. The maximum Gasteiger partial charge on any atom is 0.225 e. The van der Waals surface area contributed by atoms with Crippen molar-refractivity contribution in [2.75, 3.05) is 31.1 Å². The molecule has 2 N–H and O–H groups in total. The first-order chi connectivity index (χ1) is 11.0. The molecule has 0 unspecified atom stereocenters. The molecule has 2 saturated heterocycles. The highest BCUT2D eigenvalue weighted by atomic mass is 15.3. The van der Waals surface area contributed by atoms with E-state index in [2.05, 4.69) is 36.6 Å². The Kier molecular flexibility index (Phi) is 5.17. The maximum absolute atomic E-state index is 6.03. The molecule has 128 valence electrons. The second kappa shape index (κ2) is 7.14. The van der Waals surface area contributed by atoms with Crippen LogP contribution in [0.2, 0.25) is 0 Å². The van der Waals surface area contributed by atoms with Gasteiger partial charge in [0.15, 0.2) is 0 Å². The van der Waals surface area contributed by atoms with Crippen molar-refractivity contribution in [2.24, 2.45) is 11.7 Å². The third-order valence-corrected chi connectivity index (χ3v) is 5.05. The fourth-order valence-corrected chi connectivity index (χ4v) is 3.79. The summed E-state index contributed by atoms with van der Waals surface area (Å²) in [6, 6.07) is 3.17. The molecule has 3 heterocycles. The van der Waals surface area contributed by atoms with Crippen LogP contribution in [-0.2, 0) is 6.42 Å². The molecule has 2 fully saturated rings. The van der Waals surface area contributed by atoms with Crippen molar-refractivity contribution >= 4 is 5.95 Å². The Hall–Kier alpha value is -1.20. The molecule has 0 radical (unpaired) electrons. The summed E-state index contributed by atoms with van der Waals surface area (Å²) >= 11 is 0. The summed E-state index contributed by atoms with van der Waals surface area (Å²) in [5.41, 5.74) is 8.29. The lowest BCUT2D eigenvalue weighted by atomic mass is 10.0. The number of nitrogens with zero attached hydrogens (tertiary/aromatic N) is 4. The molecular weight excluding hydrogens is 286 g/mol. The van der Waals surface area contributed by atoms with Crippen LogP contribution in [-0.4, -0.2) is 53.1 Å². The molecular formula is C18H31N5. The number of hydrogen-bond acceptors (Lipinski definition) is 5. The van der Waals surface area contributed by atoms with Crippen molar-refractivity contribution in [3.8, 4) is 0 Å². The van der Waals surface area contributed by atoms with Gasteiger partial charge >= 0.3 is 0 Å². The lowest BCUT2D eigenvalue weighted by Gasteiger charge is -2.34. The van der Waals surface area contributed by atoms with Crippen LogP contribution in [0, 0.1) is 12.8 Å². The van der Waals surface area contributed by atoms with E-state index in [9.17, 15) is 0 Å². The molecule has 0 spiro atoms. The Labute approximate surface area is 140 Å². The second-order valence-corrected chi connectivity index (χ2v) is 7.66. The topological polar surface area (TPSA) is 58.3 Å². The van der Waals surface area contributed by atoms with Crippen molar-refractivity contribution in [1.82, 2.24) is 14.9 Å². The van der Waals surface area contributed by atoms with Gasteiger partial charge in [0.2, 0.25) is 5.95 Å². The van der Waals surface area contributed by atoms with Crippen LogP contribution in [0.15, 0.2) is 6.07 Å². The quantitative estimate of drug-likeness (QED) is 0.920. The van der Waals surface area contributed by atoms with Crippen LogP contribution in [0.5, 0.6) is 0 Å². The largest absolute Gasteiger partial charge is 0.339 e. The van der Waals surface area contributed by atoms with Crippen LogP contribution in [0.4, 0.5) is 5.95 Å². The minimum absolute atomic E-state index is 0.405. The van der Waals surface area contributed by atoms with Gasteiger partial charge in [-0.3, -0.25) is 4.90 Å². The Balaban J connectivity index is 1.65. The van der Waals surface area contributed by atoms with Crippen molar-refractivity contribution in [2.45, 2.75) is 58.5 Å². The number of hydrogen-bond donors (Lipinski definition) is 1. The number of rotatable bonds is 4. The predicted molar refractivity (Wildman–Crippen MR) is 94.7 cm³/mol. The van der Waals surface area contributed by atoms with E-state index in [-0.39, 0.29) is 0 Å². The van der Waals surface area contributed by atoms with E-state index in [1.54, 1.807) is 0 Å². The number of likely N-dealkylation sites (tertiary alicyclic amines) is 1. The van der Waals surface area contributed by atoms with E-state index < -0.39 is 0 Å². The minimum Gasteiger partial charge on any atom is -0.339 e. The molecule has 23 heavy (non-hydrogen) atoms. The average molecular weight is 317 g/mol. The summed E-state index contributed by atoms with van der Waals surface area (Å²) in [5, 5.41) is 0. The van der Waals surface area contributed by atoms with E-state index in [1.807, 2.05) is 0 Å². The first-order valence-corrected chi connectivity index (χ1v) is 9.10. The first-order valence-electron chi connectivity index (χ1n) is 9.10. The average Bonchev–Trinajstić information content (AvgIpc) is 2.96. The van der Waals surface area contributed by atoms with Gasteiger partial charge in [0, 0.05) is 36.6 Å². The third kappa shape index (κ3) is 4.21. The minimum atomic E-state index is 0.405. The molecule has 3 rings (SSSR count). The molecule has 1 aromatic rings. The maximum atomic E-state index is 6.03. The second-order valence-electron chi connectivity index (χ2n) is 7.66. The highest BCUT2D eigenvalue weighted by Gasteiger charge is 2.31. The van der Waals surface area contributed by atoms with Gasteiger partial charge in [0.1, 0.15) is 0 Å². The van der Waals surface area contributed by atoms with Gasteiger partial charge in [0.25, 0.3) is 0 Å². The SMILES string of the molecule is Cc1cc(CC(C)C)nc(N2CC[C@@H](N3CCC(N)CC3)C2)n1. The smallest absolute Gasteiger partial charge is 0.225 e. The van der Waals surface area contributed by atoms with Crippen molar-refractivity contribution in [1.29, 1.82) is 0 Å². The Morgan fingerprint density at radius 1 is 1.17 bits per heavy atom. The lowest BCUT2D eigenvalue weighted by molar-refractivity contribution is 0.163. The standard InChI is InChI=1S/C18H31N5/c1-13(2)10-16-11-14(3)20-18(21-16)23-9-6-17(12-23)22-7-4-15(19)5-8-22/h11,13,15,17H,4-10,12,19H2,1-3H3/t17-/m1/s1. The van der Waals surface area contributed by atoms with Crippen LogP contribution < -0.4 is 10.6 Å². The van der Waals surface area contributed by atoms with Gasteiger partial charge in [0.05, 0.1) is 0 Å². The number of anilines is 1. The monoisotopic (exact) mass is 317 g/mol. The van der Waals surface area contributed by atoms with Gasteiger partial charge in [-0.1, -0.05) is 13.8 Å². The molecule has 5 heteroatoms. The van der Waals surface area contributed by atoms with Crippen molar-refractivity contribution in [3.05, 3.63) is 17.5 Å². The van der Waals surface area contributed by atoms with Crippen LogP contribution >= 0.6 is 0 Å². The summed E-state index contributed by atoms with van der Waals surface area (Å²) < 4.78 is 0. The zero-order chi connectivity index (χ0) is 16.4. The first kappa shape index (κ1) is 16.7. The molecule has 0 amide bonds. The Morgan fingerprint density at radius 2 is 1.91 bits per heavy atom. The Bertz CT molecular complexity index is 522. The fourth-order valence-electron chi connectivity index (χ4n) is 3.79. The van der Waals surface area contributed by atoms with Crippen LogP contribution in [0.3, 0.4) is 0 Å². The highest BCUT2D eigenvalue weighted by Crippen LogP contribution is 2.23. The van der Waals surface area contributed by atoms with E-state index in [4.69, 9.17) is 15.7 Å². The van der Waals surface area contributed by atoms with Gasteiger partial charge in [-0.15, -0.1) is 0 Å². The molecule has 2 aliphatic rings. The molecule has 0 saturated carbocycles. The molecule has 1 aromatic heterocycles. The summed E-state index contributed by atoms with van der Waals surface area (Å²) in [7, 11) is 0. The summed E-state index contributed by atoms with van der Waals surface area (Å²) in [5.74, 6) is 1.55. The molecule has 5 nitrogen and oxygen atoms in total. The fraction of sp³-hybridized carbons (Fsp3) is 0.778. The highest BCUT2D eigenvalue weighted by molar-refractivity contribution is 5.34. The molecule has 2 aliphatic heterocycles. The van der Waals surface area contributed by atoms with E-state index in [0.29, 0.717) is 18.0 Å². The molecule has 0 bridgehead atoms. The molecule has 0 aromatic carbocycles. The van der Waals surface area contributed by atoms with Crippen LogP contribution in [0.25, 0.3) is 0 Å². The number of nitrogens with two attached hydrogens (primary N) is 1. The van der Waals surface area contributed by atoms with E-state index in [1.165, 1.54) is 12.1 Å². The number of aromatic nitrogens is 2. The van der Waals surface area contributed by atoms with Crippen molar-refractivity contribution < 1.29 is 0 Å². The van der Waals surface area contributed by atoms with E-state index in [0.717, 1.165) is 57.1 Å². The molecule has 1 atom stereocenters. The zero-order valence-corrected chi connectivity index (χ0v) is 14.8. The van der Waals surface area contributed by atoms with Gasteiger partial charge in [-0.05, 0) is 57.7 Å². The predicted octanol–water partition coefficient (Wildman–Crippen LogP) is 1.99. The lowest BCUT2D eigenvalue weighted by Crippen LogP contribution is -2.46. The van der Waals surface area contributed by atoms with Crippen molar-refractivity contribution in [3.63, 3.8) is 0 Å². The van der Waals surface area contributed by atoms with Gasteiger partial charge in [-0.2, -0.15) is 0 Å². The summed E-state index contributed by atoms with van der Waals surface area (Å²) in [6.45, 7) is 11.0. The van der Waals surface area contributed by atoms with Gasteiger partial charge in [-0.25, -0.2) is 9.97 Å². The van der Waals surface area contributed by atoms with Crippen LogP contribution in [0.1, 0.15) is 44.5 Å². The normalized spacial score (nSPS) is 23.9.